The summed E-state index contributed by atoms with van der Waals surface area (Å²) in [6, 6.07) is 0. The quantitative estimate of drug-likeness (QED) is 0.0148. The smallest absolute Gasteiger partial charge is 0.457 e. The third-order valence-electron chi connectivity index (χ3n) is 10.9. The summed E-state index contributed by atoms with van der Waals surface area (Å²) < 4.78 is 34.2. The number of aliphatic hydroxyl groups is 5. The molecule has 0 amide bonds. The highest BCUT2D eigenvalue weighted by atomic mass is 31.2. The molecule has 360 valence electrons. The van der Waals surface area contributed by atoms with Crippen molar-refractivity contribution in [1.29, 1.82) is 0 Å². The highest BCUT2D eigenvalue weighted by Crippen LogP contribution is 2.47. The van der Waals surface area contributed by atoms with Crippen LogP contribution in [0.25, 0.3) is 0 Å². The summed E-state index contributed by atoms with van der Waals surface area (Å²) in [4.78, 5) is 23.2. The van der Waals surface area contributed by atoms with Crippen molar-refractivity contribution in [3.63, 3.8) is 0 Å². The summed E-state index contributed by atoms with van der Waals surface area (Å²) in [7, 11) is -5.03. The highest BCUT2D eigenvalue weighted by molar-refractivity contribution is 7.47. The number of allylic oxidation sites excluding steroid dienone is 10. The number of carbonyl (C=O) groups is 1. The minimum Gasteiger partial charge on any atom is -0.457 e. The molecule has 1 rings (SSSR count). The molecule has 1 aliphatic rings. The van der Waals surface area contributed by atoms with Crippen LogP contribution in [0.2, 0.25) is 0 Å². The van der Waals surface area contributed by atoms with E-state index in [-0.39, 0.29) is 13.0 Å². The number of ether oxygens (including phenoxy) is 2. The van der Waals surface area contributed by atoms with Gasteiger partial charge in [0.15, 0.2) is 0 Å². The maximum Gasteiger partial charge on any atom is 0.472 e. The number of aliphatic hydroxyl groups excluding tert-OH is 5. The molecule has 0 spiro atoms. The molecule has 13 heteroatoms. The summed E-state index contributed by atoms with van der Waals surface area (Å²) in [6.45, 7) is 4.07. The lowest BCUT2D eigenvalue weighted by Gasteiger charge is -2.41. The van der Waals surface area contributed by atoms with Gasteiger partial charge in [0.05, 0.1) is 13.2 Å². The number of phosphoric acid groups is 1. The van der Waals surface area contributed by atoms with E-state index in [1.807, 2.05) is 0 Å². The number of rotatable bonds is 40. The number of carbonyl (C=O) groups excluding carboxylic acids is 1. The molecule has 0 saturated heterocycles. The number of phosphoric ester groups is 1. The second kappa shape index (κ2) is 39.4. The van der Waals surface area contributed by atoms with Gasteiger partial charge in [0.25, 0.3) is 0 Å². The Labute approximate surface area is 375 Å². The lowest BCUT2D eigenvalue weighted by molar-refractivity contribution is -0.220. The molecule has 6 N–H and O–H groups in total. The van der Waals surface area contributed by atoms with Gasteiger partial charge in [-0.05, 0) is 77.0 Å². The Morgan fingerprint density at radius 3 is 1.47 bits per heavy atom. The first-order valence-electron chi connectivity index (χ1n) is 24.1. The zero-order valence-electron chi connectivity index (χ0n) is 38.4. The molecule has 1 aliphatic carbocycles. The van der Waals surface area contributed by atoms with E-state index in [1.54, 1.807) is 0 Å². The van der Waals surface area contributed by atoms with Gasteiger partial charge in [-0.2, -0.15) is 0 Å². The minimum absolute atomic E-state index is 0.101. The van der Waals surface area contributed by atoms with Crippen molar-refractivity contribution in [3.05, 3.63) is 60.8 Å². The van der Waals surface area contributed by atoms with Gasteiger partial charge < -0.3 is 39.9 Å². The van der Waals surface area contributed by atoms with Crippen molar-refractivity contribution in [2.45, 2.75) is 224 Å². The molecule has 0 radical (unpaired) electrons. The zero-order chi connectivity index (χ0) is 45.5. The minimum atomic E-state index is -5.03. The summed E-state index contributed by atoms with van der Waals surface area (Å²) in [5.74, 6) is -0.492. The van der Waals surface area contributed by atoms with Gasteiger partial charge in [-0.15, -0.1) is 0 Å². The predicted molar refractivity (Wildman–Crippen MR) is 248 cm³/mol. The van der Waals surface area contributed by atoms with Crippen LogP contribution < -0.4 is 0 Å². The molecule has 1 fully saturated rings. The van der Waals surface area contributed by atoms with E-state index in [0.29, 0.717) is 13.0 Å². The Morgan fingerprint density at radius 2 is 0.952 bits per heavy atom. The van der Waals surface area contributed by atoms with Crippen LogP contribution in [0.4, 0.5) is 0 Å². The first kappa shape index (κ1) is 58.1. The van der Waals surface area contributed by atoms with E-state index in [2.05, 4.69) is 74.6 Å². The molecule has 1 saturated carbocycles. The van der Waals surface area contributed by atoms with E-state index in [4.69, 9.17) is 18.5 Å². The van der Waals surface area contributed by atoms with E-state index < -0.39 is 63.1 Å². The fraction of sp³-hybridized carbons (Fsp3) is 0.776. The second-order valence-corrected chi connectivity index (χ2v) is 18.0. The topological polar surface area (TPSA) is 192 Å². The highest BCUT2D eigenvalue weighted by Gasteiger charge is 2.51. The van der Waals surface area contributed by atoms with E-state index >= 15 is 0 Å². The van der Waals surface area contributed by atoms with Crippen LogP contribution in [0.3, 0.4) is 0 Å². The fourth-order valence-electron chi connectivity index (χ4n) is 7.05. The maximum absolute atomic E-state index is 12.8. The van der Waals surface area contributed by atoms with Crippen LogP contribution in [0.15, 0.2) is 60.8 Å². The molecule has 0 bridgehead atoms. The molecule has 0 aromatic heterocycles. The number of hydrogen-bond acceptors (Lipinski definition) is 11. The lowest BCUT2D eigenvalue weighted by atomic mass is 9.85. The molecule has 6 atom stereocenters. The van der Waals surface area contributed by atoms with Crippen LogP contribution in [0, 0.1) is 0 Å². The van der Waals surface area contributed by atoms with Gasteiger partial charge in [0.1, 0.15) is 42.7 Å². The molecular weight excluding hydrogens is 812 g/mol. The summed E-state index contributed by atoms with van der Waals surface area (Å²) in [5, 5.41) is 50.2. The summed E-state index contributed by atoms with van der Waals surface area (Å²) in [6.07, 6.45) is 37.2. The van der Waals surface area contributed by atoms with E-state index in [9.17, 15) is 39.8 Å². The largest absolute Gasteiger partial charge is 0.472 e. The van der Waals surface area contributed by atoms with E-state index in [0.717, 1.165) is 70.6 Å². The number of hydrogen-bond donors (Lipinski definition) is 6. The Hall–Kier alpha value is -1.96. The normalized spacial score (nSPS) is 22.5. The van der Waals surface area contributed by atoms with Crippen molar-refractivity contribution in [1.82, 2.24) is 0 Å². The third kappa shape index (κ3) is 31.0. The zero-order valence-corrected chi connectivity index (χ0v) is 39.3. The first-order valence-corrected chi connectivity index (χ1v) is 25.6. The van der Waals surface area contributed by atoms with Crippen LogP contribution in [-0.4, -0.2) is 98.9 Å². The fourth-order valence-corrected chi connectivity index (χ4v) is 8.02. The molecule has 6 unspecified atom stereocenters. The third-order valence-corrected chi connectivity index (χ3v) is 11.9. The second-order valence-electron chi connectivity index (χ2n) is 16.6. The summed E-state index contributed by atoms with van der Waals surface area (Å²) in [5.41, 5.74) is 0. The Bertz CT molecular complexity index is 1250. The summed E-state index contributed by atoms with van der Waals surface area (Å²) >= 11 is 0. The molecule has 62 heavy (non-hydrogen) atoms. The molecular formula is C49H87O12P. The number of esters is 1. The van der Waals surface area contributed by atoms with Crippen molar-refractivity contribution in [2.24, 2.45) is 0 Å². The van der Waals surface area contributed by atoms with Gasteiger partial charge in [-0.3, -0.25) is 13.8 Å². The average Bonchev–Trinajstić information content (AvgIpc) is 3.26. The van der Waals surface area contributed by atoms with Gasteiger partial charge in [-0.25, -0.2) is 4.57 Å². The van der Waals surface area contributed by atoms with Gasteiger partial charge >= 0.3 is 13.8 Å². The molecule has 0 heterocycles. The maximum atomic E-state index is 12.8. The van der Waals surface area contributed by atoms with Gasteiger partial charge in [-0.1, -0.05) is 158 Å². The van der Waals surface area contributed by atoms with Crippen LogP contribution in [-0.2, 0) is 27.9 Å². The Kier molecular flexibility index (Phi) is 36.9. The standard InChI is InChI=1S/C49H87O12P/c1-3-5-7-9-11-13-15-17-19-21-22-23-24-26-28-30-32-34-36-38-43(50)60-42(41-59-62(56,57)61-49-47(54)45(52)44(51)46(53)48(49)55)40-58-39-37-35-33-31-29-27-25-20-18-16-14-12-10-8-6-4-2/h6,8,12,14,17-20,27,29,42,44-49,51-55H,3-5,7,9-11,13,15-16,21-26,28,30-41H2,1-2H3,(H,56,57)/b8-6-,14-12-,19-17-,20-18-,29-27-. The first-order chi connectivity index (χ1) is 30.0. The van der Waals surface area contributed by atoms with Crippen molar-refractivity contribution < 1.29 is 58.3 Å². The van der Waals surface area contributed by atoms with Crippen LogP contribution >= 0.6 is 7.82 Å². The molecule has 0 aromatic carbocycles. The Balaban J connectivity index is 2.40. The van der Waals surface area contributed by atoms with Crippen molar-refractivity contribution >= 4 is 13.8 Å². The molecule has 0 aromatic rings. The van der Waals surface area contributed by atoms with Gasteiger partial charge in [0.2, 0.25) is 0 Å². The van der Waals surface area contributed by atoms with Crippen LogP contribution in [0.1, 0.15) is 181 Å². The predicted octanol–water partition coefficient (Wildman–Crippen LogP) is 10.2. The average molecular weight is 899 g/mol. The molecule has 0 aliphatic heterocycles. The monoisotopic (exact) mass is 899 g/mol. The molecule has 12 nitrogen and oxygen atoms in total. The van der Waals surface area contributed by atoms with E-state index in [1.165, 1.54) is 83.5 Å². The number of unbranched alkanes of at least 4 members (excludes halogenated alkanes) is 18. The van der Waals surface area contributed by atoms with Gasteiger partial charge in [0, 0.05) is 13.0 Å². The van der Waals surface area contributed by atoms with Crippen LogP contribution in [0.5, 0.6) is 0 Å². The lowest BCUT2D eigenvalue weighted by Crippen LogP contribution is -2.64. The Morgan fingerprint density at radius 1 is 0.532 bits per heavy atom. The SMILES string of the molecule is CC/C=C\C/C=C\C/C=C\C/C=C\CCCCCOCC(COP(=O)(O)OC1C(O)C(O)C(O)C(O)C1O)OC(=O)CCCCCCCCCCC/C=C\CCCCCCCC. The van der Waals surface area contributed by atoms with Crippen molar-refractivity contribution in [3.8, 4) is 0 Å². The van der Waals surface area contributed by atoms with Crippen molar-refractivity contribution in [2.75, 3.05) is 19.8 Å².